The van der Waals surface area contributed by atoms with Crippen molar-refractivity contribution in [2.75, 3.05) is 24.7 Å². The molecule has 1 fully saturated rings. The summed E-state index contributed by atoms with van der Waals surface area (Å²) in [4.78, 5) is 11.1. The third kappa shape index (κ3) is 2.00. The van der Waals surface area contributed by atoms with Crippen LogP contribution >= 0.6 is 11.6 Å². The molecule has 0 radical (unpaired) electrons. The highest BCUT2D eigenvalue weighted by molar-refractivity contribution is 6.28. The monoisotopic (exact) mass is 253 g/mol. The molecular weight excluding hydrogens is 238 g/mol. The van der Waals surface area contributed by atoms with Gasteiger partial charge in [-0.2, -0.15) is 0 Å². The second-order valence-electron chi connectivity index (χ2n) is 4.71. The minimum Gasteiger partial charge on any atom is -0.377 e. The van der Waals surface area contributed by atoms with E-state index in [0.29, 0.717) is 11.3 Å². The number of morpholine rings is 1. The van der Waals surface area contributed by atoms with Crippen LogP contribution in [0.5, 0.6) is 0 Å². The molecule has 17 heavy (non-hydrogen) atoms. The zero-order chi connectivity index (χ0) is 11.8. The fraction of sp³-hybridized carbons (Fsp3) is 0.667. The average molecular weight is 254 g/mol. The molecule has 3 rings (SSSR count). The lowest BCUT2D eigenvalue weighted by atomic mass is 10.2. The maximum Gasteiger partial charge on any atom is 0.224 e. The van der Waals surface area contributed by atoms with Crippen LogP contribution in [0.25, 0.3) is 0 Å². The molecule has 1 saturated heterocycles. The minimum absolute atomic E-state index is 0.361. The van der Waals surface area contributed by atoms with Gasteiger partial charge >= 0.3 is 0 Å². The van der Waals surface area contributed by atoms with Gasteiger partial charge in [0, 0.05) is 12.1 Å². The van der Waals surface area contributed by atoms with Crippen molar-refractivity contribution in [1.29, 1.82) is 0 Å². The predicted molar refractivity (Wildman–Crippen MR) is 66.7 cm³/mol. The van der Waals surface area contributed by atoms with E-state index in [1.807, 2.05) is 0 Å². The maximum atomic E-state index is 6.02. The molecule has 1 aromatic rings. The van der Waals surface area contributed by atoms with Crippen LogP contribution in [0.2, 0.25) is 5.28 Å². The molecule has 1 aromatic heterocycles. The molecule has 1 atom stereocenters. The summed E-state index contributed by atoms with van der Waals surface area (Å²) in [7, 11) is 0. The molecule has 4 nitrogen and oxygen atoms in total. The van der Waals surface area contributed by atoms with Crippen LogP contribution in [0.3, 0.4) is 0 Å². The van der Waals surface area contributed by atoms with Gasteiger partial charge in [-0.3, -0.25) is 0 Å². The van der Waals surface area contributed by atoms with E-state index in [9.17, 15) is 0 Å². The van der Waals surface area contributed by atoms with Gasteiger partial charge in [0.1, 0.15) is 5.82 Å². The second kappa shape index (κ2) is 4.42. The number of halogens is 1. The predicted octanol–water partition coefficient (Wildman–Crippen LogP) is 1.84. The molecule has 0 N–H and O–H groups in total. The van der Waals surface area contributed by atoms with Gasteiger partial charge in [0.25, 0.3) is 0 Å². The van der Waals surface area contributed by atoms with Gasteiger partial charge in [-0.15, -0.1) is 0 Å². The number of hydrogen-bond acceptors (Lipinski definition) is 4. The molecule has 0 bridgehead atoms. The van der Waals surface area contributed by atoms with Crippen molar-refractivity contribution in [2.24, 2.45) is 0 Å². The molecule has 0 aromatic carbocycles. The van der Waals surface area contributed by atoms with Gasteiger partial charge in [0.05, 0.1) is 24.9 Å². The van der Waals surface area contributed by atoms with Crippen molar-refractivity contribution in [2.45, 2.75) is 32.2 Å². The Morgan fingerprint density at radius 2 is 2.24 bits per heavy atom. The van der Waals surface area contributed by atoms with Crippen LogP contribution < -0.4 is 4.90 Å². The van der Waals surface area contributed by atoms with Crippen LogP contribution in [0, 0.1) is 0 Å². The summed E-state index contributed by atoms with van der Waals surface area (Å²) in [5, 5.41) is 0.374. The van der Waals surface area contributed by atoms with Gasteiger partial charge in [0.15, 0.2) is 0 Å². The highest BCUT2D eigenvalue weighted by atomic mass is 35.5. The largest absolute Gasteiger partial charge is 0.377 e. The molecular formula is C12H16ClN3O. The third-order valence-corrected chi connectivity index (χ3v) is 3.69. The second-order valence-corrected chi connectivity index (χ2v) is 5.05. The number of ether oxygens (including phenoxy) is 1. The zero-order valence-electron chi connectivity index (χ0n) is 9.95. The fourth-order valence-corrected chi connectivity index (χ4v) is 2.84. The van der Waals surface area contributed by atoms with Crippen molar-refractivity contribution >= 4 is 17.4 Å². The Labute approximate surface area is 106 Å². The normalized spacial score (nSPS) is 23.9. The Bertz CT molecular complexity index is 438. The highest BCUT2D eigenvalue weighted by Crippen LogP contribution is 2.31. The summed E-state index contributed by atoms with van der Waals surface area (Å²) < 4.78 is 5.47. The number of nitrogens with zero attached hydrogens (tertiary/aromatic N) is 3. The molecule has 92 valence electrons. The molecule has 2 heterocycles. The lowest BCUT2D eigenvalue weighted by molar-refractivity contribution is 0.0984. The Morgan fingerprint density at radius 1 is 1.35 bits per heavy atom. The van der Waals surface area contributed by atoms with Gasteiger partial charge in [-0.1, -0.05) is 0 Å². The number of aromatic nitrogens is 2. The van der Waals surface area contributed by atoms with Crippen molar-refractivity contribution < 1.29 is 4.74 Å². The Kier molecular flexibility index (Phi) is 2.92. The first-order valence-corrected chi connectivity index (χ1v) is 6.53. The van der Waals surface area contributed by atoms with Crippen LogP contribution in [-0.4, -0.2) is 35.8 Å². The summed E-state index contributed by atoms with van der Waals surface area (Å²) in [5.74, 6) is 1.04. The Balaban J connectivity index is 2.01. The molecule has 0 amide bonds. The standard InChI is InChI=1S/C12H16ClN3O/c1-8-7-17-6-5-16(8)11-9-3-2-4-10(9)14-12(13)15-11/h8H,2-7H2,1H3/t8-/m0/s1. The van der Waals surface area contributed by atoms with Gasteiger partial charge in [-0.25, -0.2) is 9.97 Å². The molecule has 1 aliphatic carbocycles. The van der Waals surface area contributed by atoms with Crippen molar-refractivity contribution in [3.05, 3.63) is 16.5 Å². The first-order chi connectivity index (χ1) is 8.25. The van der Waals surface area contributed by atoms with Crippen LogP contribution in [0.15, 0.2) is 0 Å². The Morgan fingerprint density at radius 3 is 3.06 bits per heavy atom. The smallest absolute Gasteiger partial charge is 0.224 e. The summed E-state index contributed by atoms with van der Waals surface area (Å²) in [6.07, 6.45) is 3.27. The number of anilines is 1. The first kappa shape index (κ1) is 11.2. The van der Waals surface area contributed by atoms with E-state index < -0.39 is 0 Å². The minimum atomic E-state index is 0.361. The summed E-state index contributed by atoms with van der Waals surface area (Å²) in [6, 6.07) is 0.361. The first-order valence-electron chi connectivity index (χ1n) is 6.15. The summed E-state index contributed by atoms with van der Waals surface area (Å²) in [6.45, 7) is 4.58. The van der Waals surface area contributed by atoms with E-state index in [1.165, 1.54) is 5.56 Å². The Hall–Kier alpha value is -0.870. The topological polar surface area (TPSA) is 38.2 Å². The van der Waals surface area contributed by atoms with Gasteiger partial charge < -0.3 is 9.64 Å². The molecule has 0 spiro atoms. The number of fused-ring (bicyclic) bond motifs is 1. The summed E-state index contributed by atoms with van der Waals surface area (Å²) in [5.41, 5.74) is 2.43. The van der Waals surface area contributed by atoms with Gasteiger partial charge in [0.2, 0.25) is 5.28 Å². The van der Waals surface area contributed by atoms with Gasteiger partial charge in [-0.05, 0) is 37.8 Å². The summed E-state index contributed by atoms with van der Waals surface area (Å²) >= 11 is 6.02. The van der Waals surface area contributed by atoms with E-state index in [0.717, 1.165) is 50.5 Å². The molecule has 0 saturated carbocycles. The molecule has 5 heteroatoms. The lowest BCUT2D eigenvalue weighted by Crippen LogP contribution is -2.44. The SMILES string of the molecule is C[C@H]1COCCN1c1nc(Cl)nc2c1CCC2. The van der Waals surface area contributed by atoms with Crippen LogP contribution in [0.4, 0.5) is 5.82 Å². The van der Waals surface area contributed by atoms with E-state index in [1.54, 1.807) is 0 Å². The fourth-order valence-electron chi connectivity index (χ4n) is 2.66. The molecule has 1 aliphatic heterocycles. The van der Waals surface area contributed by atoms with E-state index in [2.05, 4.69) is 21.8 Å². The highest BCUT2D eigenvalue weighted by Gasteiger charge is 2.27. The number of aryl methyl sites for hydroxylation is 1. The zero-order valence-corrected chi connectivity index (χ0v) is 10.7. The maximum absolute atomic E-state index is 6.02. The van der Waals surface area contributed by atoms with Crippen molar-refractivity contribution in [1.82, 2.24) is 9.97 Å². The van der Waals surface area contributed by atoms with Crippen molar-refractivity contribution in [3.63, 3.8) is 0 Å². The van der Waals surface area contributed by atoms with Crippen LogP contribution in [-0.2, 0) is 17.6 Å². The number of hydrogen-bond donors (Lipinski definition) is 0. The van der Waals surface area contributed by atoms with E-state index >= 15 is 0 Å². The molecule has 2 aliphatic rings. The van der Waals surface area contributed by atoms with Crippen molar-refractivity contribution in [3.8, 4) is 0 Å². The van der Waals surface area contributed by atoms with Crippen LogP contribution in [0.1, 0.15) is 24.6 Å². The van der Waals surface area contributed by atoms with E-state index in [4.69, 9.17) is 16.3 Å². The number of rotatable bonds is 1. The quantitative estimate of drug-likeness (QED) is 0.716. The third-order valence-electron chi connectivity index (χ3n) is 3.52. The average Bonchev–Trinajstić information content (AvgIpc) is 2.76. The lowest BCUT2D eigenvalue weighted by Gasteiger charge is -2.35. The molecule has 0 unspecified atom stereocenters. The van der Waals surface area contributed by atoms with E-state index in [-0.39, 0.29) is 0 Å².